The van der Waals surface area contributed by atoms with Crippen LogP contribution < -0.4 is 10.1 Å². The van der Waals surface area contributed by atoms with Gasteiger partial charge in [-0.25, -0.2) is 0 Å². The minimum atomic E-state index is -0.0627. The van der Waals surface area contributed by atoms with Crippen molar-refractivity contribution in [3.05, 3.63) is 113 Å². The lowest BCUT2D eigenvalue weighted by Crippen LogP contribution is -2.30. The molecule has 0 aliphatic rings. The predicted molar refractivity (Wildman–Crippen MR) is 145 cm³/mol. The van der Waals surface area contributed by atoms with Crippen molar-refractivity contribution < 1.29 is 9.53 Å². The summed E-state index contributed by atoms with van der Waals surface area (Å²) < 4.78 is 5.95. The van der Waals surface area contributed by atoms with Crippen molar-refractivity contribution in [2.24, 2.45) is 5.92 Å². The lowest BCUT2D eigenvalue weighted by molar-refractivity contribution is 0.0931. The van der Waals surface area contributed by atoms with Gasteiger partial charge >= 0.3 is 0 Å². The number of nitrogens with one attached hydrogen (secondary N) is 1. The lowest BCUT2D eigenvalue weighted by Gasteiger charge is -2.24. The molecule has 0 aliphatic carbocycles. The van der Waals surface area contributed by atoms with Crippen LogP contribution >= 0.6 is 0 Å². The fourth-order valence-corrected chi connectivity index (χ4v) is 4.62. The van der Waals surface area contributed by atoms with Gasteiger partial charge in [-0.3, -0.25) is 4.79 Å². The van der Waals surface area contributed by atoms with Crippen LogP contribution in [-0.2, 0) is 13.0 Å². The second-order valence-corrected chi connectivity index (χ2v) is 9.57. The van der Waals surface area contributed by atoms with Crippen LogP contribution in [-0.4, -0.2) is 5.91 Å². The van der Waals surface area contributed by atoms with E-state index in [1.54, 1.807) is 0 Å². The molecule has 0 aliphatic heterocycles. The molecule has 0 heterocycles. The summed E-state index contributed by atoms with van der Waals surface area (Å²) in [5.41, 5.74) is 3.99. The van der Waals surface area contributed by atoms with Gasteiger partial charge in [-0.05, 0) is 64.4 Å². The van der Waals surface area contributed by atoms with Gasteiger partial charge in [-0.15, -0.1) is 0 Å². The van der Waals surface area contributed by atoms with E-state index < -0.39 is 0 Å². The summed E-state index contributed by atoms with van der Waals surface area (Å²) in [5, 5.41) is 5.78. The minimum absolute atomic E-state index is 0.0198. The molecule has 0 spiro atoms. The number of hydrogen-bond donors (Lipinski definition) is 1. The van der Waals surface area contributed by atoms with E-state index in [1.165, 1.54) is 16.3 Å². The van der Waals surface area contributed by atoms with Crippen LogP contribution in [0.25, 0.3) is 10.8 Å². The van der Waals surface area contributed by atoms with E-state index in [4.69, 9.17) is 4.74 Å². The Bertz CT molecular complexity index is 1260. The molecule has 0 aromatic heterocycles. The maximum absolute atomic E-state index is 13.7. The number of para-hydroxylation sites is 1. The quantitative estimate of drug-likeness (QED) is 0.259. The Morgan fingerprint density at radius 1 is 0.886 bits per heavy atom. The number of rotatable bonds is 10. The molecule has 0 radical (unpaired) electrons. The molecule has 4 aromatic rings. The SMILES string of the molecule is CCCc1ccc(COc2ccccc2)cc1C(=O)NC(CC(C)C)c1cccc2ccccc12. The third-order valence-electron chi connectivity index (χ3n) is 6.30. The first kappa shape index (κ1) is 24.5. The van der Waals surface area contributed by atoms with Crippen LogP contribution in [0.1, 0.15) is 66.7 Å². The highest BCUT2D eigenvalue weighted by atomic mass is 16.5. The molecule has 35 heavy (non-hydrogen) atoms. The summed E-state index contributed by atoms with van der Waals surface area (Å²) in [6.45, 7) is 6.98. The Hall–Kier alpha value is -3.59. The van der Waals surface area contributed by atoms with Crippen molar-refractivity contribution in [3.63, 3.8) is 0 Å². The highest BCUT2D eigenvalue weighted by Gasteiger charge is 2.21. The van der Waals surface area contributed by atoms with Crippen LogP contribution in [0.4, 0.5) is 0 Å². The molecule has 4 aromatic carbocycles. The fraction of sp³-hybridized carbons (Fsp3) is 0.281. The van der Waals surface area contributed by atoms with E-state index >= 15 is 0 Å². The van der Waals surface area contributed by atoms with Crippen molar-refractivity contribution in [2.75, 3.05) is 0 Å². The molecular weight excluding hydrogens is 430 g/mol. The normalized spacial score (nSPS) is 12.0. The molecule has 0 fully saturated rings. The standard InChI is InChI=1S/C32H35NO2/c1-4-11-25-19-18-24(22-35-27-14-6-5-7-15-27)21-30(25)32(34)33-31(20-23(2)3)29-17-10-13-26-12-8-9-16-28(26)29/h5-10,12-19,21,23,31H,4,11,20,22H2,1-3H3,(H,33,34). The van der Waals surface area contributed by atoms with Gasteiger partial charge in [0.05, 0.1) is 6.04 Å². The van der Waals surface area contributed by atoms with Gasteiger partial charge in [0.15, 0.2) is 0 Å². The number of fused-ring (bicyclic) bond motifs is 1. The first-order valence-corrected chi connectivity index (χ1v) is 12.6. The average molecular weight is 466 g/mol. The van der Waals surface area contributed by atoms with E-state index in [9.17, 15) is 4.79 Å². The highest BCUT2D eigenvalue weighted by Crippen LogP contribution is 2.29. The van der Waals surface area contributed by atoms with Gasteiger partial charge < -0.3 is 10.1 Å². The fourth-order valence-electron chi connectivity index (χ4n) is 4.62. The number of benzene rings is 4. The lowest BCUT2D eigenvalue weighted by atomic mass is 9.92. The molecule has 1 amide bonds. The molecule has 0 saturated heterocycles. The van der Waals surface area contributed by atoms with E-state index in [1.807, 2.05) is 36.4 Å². The maximum Gasteiger partial charge on any atom is 0.252 e. The van der Waals surface area contributed by atoms with Gasteiger partial charge in [0.25, 0.3) is 5.91 Å². The zero-order valence-corrected chi connectivity index (χ0v) is 21.0. The third-order valence-corrected chi connectivity index (χ3v) is 6.30. The molecule has 3 nitrogen and oxygen atoms in total. The van der Waals surface area contributed by atoms with E-state index in [-0.39, 0.29) is 11.9 Å². The molecule has 4 rings (SSSR count). The number of amides is 1. The van der Waals surface area contributed by atoms with Gasteiger partial charge in [-0.1, -0.05) is 100.0 Å². The second kappa shape index (κ2) is 11.7. The average Bonchev–Trinajstić information content (AvgIpc) is 2.88. The minimum Gasteiger partial charge on any atom is -0.489 e. The Morgan fingerprint density at radius 3 is 2.40 bits per heavy atom. The van der Waals surface area contributed by atoms with Crippen molar-refractivity contribution >= 4 is 16.7 Å². The Morgan fingerprint density at radius 2 is 1.63 bits per heavy atom. The number of aryl methyl sites for hydroxylation is 1. The highest BCUT2D eigenvalue weighted by molar-refractivity contribution is 5.96. The van der Waals surface area contributed by atoms with Gasteiger partial charge in [0.1, 0.15) is 12.4 Å². The van der Waals surface area contributed by atoms with Crippen molar-refractivity contribution in [1.82, 2.24) is 5.32 Å². The predicted octanol–water partition coefficient (Wildman–Crippen LogP) is 7.89. The van der Waals surface area contributed by atoms with Crippen LogP contribution in [0.2, 0.25) is 0 Å². The molecule has 180 valence electrons. The van der Waals surface area contributed by atoms with E-state index in [0.29, 0.717) is 12.5 Å². The summed E-state index contributed by atoms with van der Waals surface area (Å²) in [5.74, 6) is 1.25. The monoisotopic (exact) mass is 465 g/mol. The van der Waals surface area contributed by atoms with Crippen molar-refractivity contribution in [2.45, 2.75) is 52.7 Å². The molecule has 1 unspecified atom stereocenters. The summed E-state index contributed by atoms with van der Waals surface area (Å²) in [6, 6.07) is 30.6. The first-order chi connectivity index (χ1) is 17.0. The topological polar surface area (TPSA) is 38.3 Å². The van der Waals surface area contributed by atoms with Crippen LogP contribution in [0.3, 0.4) is 0 Å². The van der Waals surface area contributed by atoms with Crippen LogP contribution in [0, 0.1) is 5.92 Å². The molecule has 0 bridgehead atoms. The zero-order valence-electron chi connectivity index (χ0n) is 21.0. The summed E-state index contributed by atoms with van der Waals surface area (Å²) in [4.78, 5) is 13.7. The zero-order chi connectivity index (χ0) is 24.6. The summed E-state index contributed by atoms with van der Waals surface area (Å²) >= 11 is 0. The molecule has 1 N–H and O–H groups in total. The second-order valence-electron chi connectivity index (χ2n) is 9.57. The summed E-state index contributed by atoms with van der Waals surface area (Å²) in [7, 11) is 0. The Labute approximate surface area is 209 Å². The van der Waals surface area contributed by atoms with Crippen LogP contribution in [0.5, 0.6) is 5.75 Å². The number of ether oxygens (including phenoxy) is 1. The van der Waals surface area contributed by atoms with Crippen molar-refractivity contribution in [3.8, 4) is 5.75 Å². The van der Waals surface area contributed by atoms with Crippen molar-refractivity contribution in [1.29, 1.82) is 0 Å². The Kier molecular flexibility index (Phi) is 8.20. The molecule has 0 saturated carbocycles. The number of carbonyl (C=O) groups excluding carboxylic acids is 1. The number of hydrogen-bond acceptors (Lipinski definition) is 2. The molecule has 3 heteroatoms. The maximum atomic E-state index is 13.7. The first-order valence-electron chi connectivity index (χ1n) is 12.6. The van der Waals surface area contributed by atoms with Gasteiger partial charge in [0.2, 0.25) is 0 Å². The molecular formula is C32H35NO2. The third kappa shape index (κ3) is 6.30. The van der Waals surface area contributed by atoms with E-state index in [2.05, 4.69) is 80.7 Å². The van der Waals surface area contributed by atoms with Crippen LogP contribution in [0.15, 0.2) is 91.0 Å². The summed E-state index contributed by atoms with van der Waals surface area (Å²) in [6.07, 6.45) is 2.73. The largest absolute Gasteiger partial charge is 0.489 e. The Balaban J connectivity index is 1.62. The van der Waals surface area contributed by atoms with Gasteiger partial charge in [-0.2, -0.15) is 0 Å². The smallest absolute Gasteiger partial charge is 0.252 e. The van der Waals surface area contributed by atoms with E-state index in [0.717, 1.165) is 41.7 Å². The van der Waals surface area contributed by atoms with Gasteiger partial charge in [0, 0.05) is 5.56 Å². The molecule has 1 atom stereocenters. The number of carbonyl (C=O) groups is 1.